The lowest BCUT2D eigenvalue weighted by Gasteiger charge is -2.27. The first kappa shape index (κ1) is 17.3. The van der Waals surface area contributed by atoms with Crippen LogP contribution >= 0.6 is 0 Å². The van der Waals surface area contributed by atoms with E-state index >= 15 is 0 Å². The van der Waals surface area contributed by atoms with Crippen molar-refractivity contribution in [2.45, 2.75) is 30.8 Å². The largest absolute Gasteiger partial charge is 0.434 e. The normalized spacial score (nSPS) is 28.9. The van der Waals surface area contributed by atoms with Crippen molar-refractivity contribution in [1.82, 2.24) is 10.2 Å². The lowest BCUT2D eigenvalue weighted by molar-refractivity contribution is -0.196. The molecular weight excluding hydrogens is 355 g/mol. The summed E-state index contributed by atoms with van der Waals surface area (Å²) in [4.78, 5) is 11.1. The molecule has 0 spiro atoms. The van der Waals surface area contributed by atoms with Crippen LogP contribution in [0.3, 0.4) is 0 Å². The van der Waals surface area contributed by atoms with Crippen molar-refractivity contribution in [2.75, 3.05) is 13.2 Å². The molecule has 10 heteroatoms. The summed E-state index contributed by atoms with van der Waals surface area (Å²) in [6, 6.07) is 3.35. The van der Waals surface area contributed by atoms with Gasteiger partial charge in [0.05, 0.1) is 24.8 Å². The fourth-order valence-electron chi connectivity index (χ4n) is 3.27. The predicted molar refractivity (Wildman–Crippen MR) is 82.1 cm³/mol. The maximum absolute atomic E-state index is 13.4. The van der Waals surface area contributed by atoms with Crippen molar-refractivity contribution < 1.29 is 27.1 Å². The highest BCUT2D eigenvalue weighted by Crippen LogP contribution is 2.54. The first-order valence-corrected chi connectivity index (χ1v) is 8.08. The van der Waals surface area contributed by atoms with E-state index in [-0.39, 0.29) is 29.3 Å². The Bertz CT molecular complexity index is 855. The number of ether oxygens (including phenoxy) is 2. The molecule has 2 aromatic rings. The Hall–Kier alpha value is -2.17. The van der Waals surface area contributed by atoms with Crippen LogP contribution in [0, 0.1) is 5.92 Å². The van der Waals surface area contributed by atoms with Crippen molar-refractivity contribution >= 4 is 0 Å². The second-order valence-electron chi connectivity index (χ2n) is 6.52. The topological polar surface area (TPSA) is 103 Å². The maximum atomic E-state index is 13.4. The summed E-state index contributed by atoms with van der Waals surface area (Å²) in [7, 11) is 0. The monoisotopic (exact) mass is 371 g/mol. The van der Waals surface area contributed by atoms with Crippen LogP contribution in [-0.2, 0) is 15.7 Å². The van der Waals surface area contributed by atoms with Gasteiger partial charge in [-0.3, -0.25) is 0 Å². The third kappa shape index (κ3) is 3.27. The van der Waals surface area contributed by atoms with Crippen LogP contribution in [0.5, 0.6) is 0 Å². The SMILES string of the molecule is NC1COC(C2CC2c2cc(-c3n[nH]c(=O)o3)ccc2C(F)(F)F)OC1. The lowest BCUT2D eigenvalue weighted by atomic mass is 9.98. The summed E-state index contributed by atoms with van der Waals surface area (Å²) in [5.74, 6) is -1.37. The molecule has 140 valence electrons. The van der Waals surface area contributed by atoms with Crippen molar-refractivity contribution in [1.29, 1.82) is 0 Å². The van der Waals surface area contributed by atoms with E-state index in [1.54, 1.807) is 0 Å². The number of H-pyrrole nitrogens is 1. The molecule has 0 radical (unpaired) electrons. The highest BCUT2D eigenvalue weighted by molar-refractivity contribution is 5.57. The molecule has 1 aromatic heterocycles. The maximum Gasteiger partial charge on any atom is 0.434 e. The second-order valence-corrected chi connectivity index (χ2v) is 6.52. The van der Waals surface area contributed by atoms with Gasteiger partial charge in [-0.15, -0.1) is 5.10 Å². The number of alkyl halides is 3. The van der Waals surface area contributed by atoms with Crippen LogP contribution < -0.4 is 11.5 Å². The number of hydrogen-bond acceptors (Lipinski definition) is 6. The van der Waals surface area contributed by atoms with Crippen molar-refractivity contribution in [3.63, 3.8) is 0 Å². The third-order valence-corrected chi connectivity index (χ3v) is 4.58. The van der Waals surface area contributed by atoms with Crippen molar-refractivity contribution in [3.8, 4) is 11.5 Å². The summed E-state index contributed by atoms with van der Waals surface area (Å²) >= 11 is 0. The van der Waals surface area contributed by atoms with Gasteiger partial charge in [0, 0.05) is 11.5 Å². The third-order valence-electron chi connectivity index (χ3n) is 4.58. The molecule has 2 fully saturated rings. The fourth-order valence-corrected chi connectivity index (χ4v) is 3.27. The van der Waals surface area contributed by atoms with Gasteiger partial charge in [0.2, 0.25) is 5.89 Å². The Morgan fingerprint density at radius 1 is 1.23 bits per heavy atom. The van der Waals surface area contributed by atoms with Gasteiger partial charge < -0.3 is 19.6 Å². The van der Waals surface area contributed by atoms with Crippen LogP contribution in [0.1, 0.15) is 23.5 Å². The smallest absolute Gasteiger partial charge is 0.388 e. The van der Waals surface area contributed by atoms with Gasteiger partial charge >= 0.3 is 11.9 Å². The van der Waals surface area contributed by atoms with Gasteiger partial charge in [-0.25, -0.2) is 9.89 Å². The van der Waals surface area contributed by atoms with Gasteiger partial charge in [0.1, 0.15) is 0 Å². The van der Waals surface area contributed by atoms with Crippen LogP contribution in [0.25, 0.3) is 11.5 Å². The molecule has 1 saturated heterocycles. The number of nitrogens with one attached hydrogen (secondary N) is 1. The van der Waals surface area contributed by atoms with E-state index in [0.29, 0.717) is 25.2 Å². The van der Waals surface area contributed by atoms with Gasteiger partial charge in [0.25, 0.3) is 0 Å². The molecule has 1 aliphatic heterocycles. The number of rotatable bonds is 3. The van der Waals surface area contributed by atoms with Gasteiger partial charge in [-0.1, -0.05) is 0 Å². The van der Waals surface area contributed by atoms with Gasteiger partial charge in [0.15, 0.2) is 6.29 Å². The van der Waals surface area contributed by atoms with Crippen LogP contribution in [0.15, 0.2) is 27.4 Å². The molecule has 2 heterocycles. The molecule has 2 atom stereocenters. The molecule has 26 heavy (non-hydrogen) atoms. The molecule has 1 aromatic carbocycles. The minimum absolute atomic E-state index is 0.0571. The zero-order valence-corrected chi connectivity index (χ0v) is 13.5. The first-order chi connectivity index (χ1) is 12.3. The number of aromatic nitrogens is 2. The van der Waals surface area contributed by atoms with E-state index < -0.39 is 23.8 Å². The summed E-state index contributed by atoms with van der Waals surface area (Å²) < 4.78 is 56.1. The van der Waals surface area contributed by atoms with Crippen LogP contribution in [0.2, 0.25) is 0 Å². The predicted octanol–water partition coefficient (Wildman–Crippen LogP) is 1.85. The number of nitrogens with two attached hydrogens (primary N) is 1. The zero-order chi connectivity index (χ0) is 18.5. The van der Waals surface area contributed by atoms with E-state index in [0.717, 1.165) is 6.07 Å². The molecule has 4 rings (SSSR count). The minimum Gasteiger partial charge on any atom is -0.388 e. The zero-order valence-electron chi connectivity index (χ0n) is 13.5. The first-order valence-electron chi connectivity index (χ1n) is 8.08. The standard InChI is InChI=1S/C16H16F3N3O4/c17-16(18,19)12-2-1-7(13-21-22-15(23)26-13)3-10(12)9-4-11(9)14-24-5-8(20)6-25-14/h1-3,8-9,11,14H,4-6,20H2,(H,22,23). The fraction of sp³-hybridized carbons (Fsp3) is 0.500. The number of aromatic amines is 1. The molecule has 3 N–H and O–H groups in total. The van der Waals surface area contributed by atoms with Gasteiger partial charge in [-0.2, -0.15) is 13.2 Å². The molecular formula is C16H16F3N3O4. The molecule has 0 amide bonds. The molecule has 2 unspecified atom stereocenters. The lowest BCUT2D eigenvalue weighted by Crippen LogP contribution is -2.42. The highest BCUT2D eigenvalue weighted by atomic mass is 19.4. The minimum atomic E-state index is -4.50. The summed E-state index contributed by atoms with van der Waals surface area (Å²) in [5, 5.41) is 5.76. The summed E-state index contributed by atoms with van der Waals surface area (Å²) in [6.07, 6.45) is -4.55. The Morgan fingerprint density at radius 2 is 1.96 bits per heavy atom. The second kappa shape index (κ2) is 6.22. The average Bonchev–Trinajstić information content (AvgIpc) is 3.27. The number of benzene rings is 1. The summed E-state index contributed by atoms with van der Waals surface area (Å²) in [5.41, 5.74) is 5.38. The van der Waals surface area contributed by atoms with Crippen molar-refractivity contribution in [3.05, 3.63) is 39.9 Å². The number of hydrogen-bond donors (Lipinski definition) is 2. The summed E-state index contributed by atoms with van der Waals surface area (Å²) in [6.45, 7) is 0.636. The molecule has 1 saturated carbocycles. The molecule has 2 aliphatic rings. The van der Waals surface area contributed by atoms with E-state index in [4.69, 9.17) is 19.6 Å². The highest BCUT2D eigenvalue weighted by Gasteiger charge is 2.49. The molecule has 0 bridgehead atoms. The van der Waals surface area contributed by atoms with Gasteiger partial charge in [-0.05, 0) is 36.1 Å². The van der Waals surface area contributed by atoms with Crippen LogP contribution in [-0.4, -0.2) is 35.7 Å². The molecule has 1 aliphatic carbocycles. The Labute approximate surface area is 145 Å². The quantitative estimate of drug-likeness (QED) is 0.854. The van der Waals surface area contributed by atoms with E-state index in [2.05, 4.69) is 10.2 Å². The average molecular weight is 371 g/mol. The molecule has 7 nitrogen and oxygen atoms in total. The Morgan fingerprint density at radius 3 is 2.58 bits per heavy atom. The van der Waals surface area contributed by atoms with Crippen LogP contribution in [0.4, 0.5) is 13.2 Å². The van der Waals surface area contributed by atoms with Crippen molar-refractivity contribution in [2.24, 2.45) is 11.7 Å². The van der Waals surface area contributed by atoms with E-state index in [1.807, 2.05) is 0 Å². The van der Waals surface area contributed by atoms with E-state index in [9.17, 15) is 18.0 Å². The Balaban J connectivity index is 1.64. The number of nitrogens with zero attached hydrogens (tertiary/aromatic N) is 1. The van der Waals surface area contributed by atoms with E-state index in [1.165, 1.54) is 12.1 Å². The number of halogens is 3. The Kier molecular flexibility index (Phi) is 4.13.